The van der Waals surface area contributed by atoms with Gasteiger partial charge in [-0.1, -0.05) is 11.1 Å². The van der Waals surface area contributed by atoms with Crippen molar-refractivity contribution in [2.45, 2.75) is 46.0 Å². The molecule has 0 amide bonds. The molecule has 0 aliphatic rings. The second-order valence-corrected chi connectivity index (χ2v) is 5.06. The van der Waals surface area contributed by atoms with Crippen molar-refractivity contribution >= 4 is 11.9 Å². The van der Waals surface area contributed by atoms with Gasteiger partial charge in [0.1, 0.15) is 0 Å². The van der Waals surface area contributed by atoms with Crippen LogP contribution in [0.25, 0.3) is 0 Å². The van der Waals surface area contributed by atoms with Crippen LogP contribution in [0.4, 0.5) is 0 Å². The van der Waals surface area contributed by atoms with E-state index in [4.69, 9.17) is 0 Å². The van der Waals surface area contributed by atoms with Crippen LogP contribution < -0.4 is 10.2 Å². The highest BCUT2D eigenvalue weighted by Gasteiger charge is 2.31. The molecule has 0 aliphatic heterocycles. The first-order valence-corrected chi connectivity index (χ1v) is 5.89. The van der Waals surface area contributed by atoms with E-state index in [1.54, 1.807) is 13.8 Å². The standard InChI is InChI=1S/C14H22O4/c1-10(2)8-14(13(17)18,9-11(3)4)7-5-6-12(15)16/h1,3,5-9H2,2,4H3,(H,15,16)(H,17,18)/p-2. The van der Waals surface area contributed by atoms with Gasteiger partial charge in [-0.15, -0.1) is 13.2 Å². The van der Waals surface area contributed by atoms with Crippen molar-refractivity contribution < 1.29 is 19.8 Å². The first-order valence-electron chi connectivity index (χ1n) is 5.89. The molecule has 0 N–H and O–H groups in total. The molecular weight excluding hydrogens is 232 g/mol. The maximum absolute atomic E-state index is 11.4. The minimum Gasteiger partial charge on any atom is -0.550 e. The summed E-state index contributed by atoms with van der Waals surface area (Å²) in [5.41, 5.74) is 0.357. The van der Waals surface area contributed by atoms with Crippen LogP contribution in [-0.4, -0.2) is 11.9 Å². The molecular formula is C14H20O4-2. The second kappa shape index (κ2) is 6.99. The van der Waals surface area contributed by atoms with E-state index in [-0.39, 0.29) is 32.1 Å². The molecule has 0 aromatic carbocycles. The third-order valence-electron chi connectivity index (χ3n) is 2.75. The Bertz CT molecular complexity index is 339. The maximum atomic E-state index is 11.4. The molecule has 0 saturated heterocycles. The Morgan fingerprint density at radius 1 is 1.06 bits per heavy atom. The lowest BCUT2D eigenvalue weighted by atomic mass is 9.73. The summed E-state index contributed by atoms with van der Waals surface area (Å²) in [5.74, 6) is -2.35. The van der Waals surface area contributed by atoms with Gasteiger partial charge in [-0.3, -0.25) is 0 Å². The first-order chi connectivity index (χ1) is 8.19. The Kier molecular flexibility index (Phi) is 6.37. The minimum atomic E-state index is -1.17. The fourth-order valence-electron chi connectivity index (χ4n) is 2.21. The average Bonchev–Trinajstić information content (AvgIpc) is 2.13. The number of aliphatic carboxylic acids is 2. The third-order valence-corrected chi connectivity index (χ3v) is 2.75. The van der Waals surface area contributed by atoms with E-state index in [9.17, 15) is 19.8 Å². The Morgan fingerprint density at radius 2 is 1.50 bits per heavy atom. The van der Waals surface area contributed by atoms with Crippen molar-refractivity contribution in [3.8, 4) is 0 Å². The van der Waals surface area contributed by atoms with Crippen LogP contribution in [0.15, 0.2) is 24.3 Å². The van der Waals surface area contributed by atoms with Gasteiger partial charge in [0, 0.05) is 17.4 Å². The van der Waals surface area contributed by atoms with Gasteiger partial charge in [-0.25, -0.2) is 0 Å². The topological polar surface area (TPSA) is 80.3 Å². The molecule has 4 heteroatoms. The number of hydrogen-bond acceptors (Lipinski definition) is 4. The van der Waals surface area contributed by atoms with E-state index in [0.717, 1.165) is 11.1 Å². The number of rotatable bonds is 9. The zero-order valence-corrected chi connectivity index (χ0v) is 11.1. The SMILES string of the molecule is C=C(C)CC(CCCC(=O)[O-])(CC(=C)C)C(=O)[O-]. The van der Waals surface area contributed by atoms with Gasteiger partial charge < -0.3 is 19.8 Å². The fraction of sp³-hybridized carbons (Fsp3) is 0.571. The van der Waals surface area contributed by atoms with E-state index in [1.807, 2.05) is 0 Å². The largest absolute Gasteiger partial charge is 0.550 e. The molecule has 0 fully saturated rings. The smallest absolute Gasteiger partial charge is 0.0482 e. The first kappa shape index (κ1) is 16.4. The van der Waals surface area contributed by atoms with Crippen LogP contribution in [0.1, 0.15) is 46.0 Å². The van der Waals surface area contributed by atoms with E-state index >= 15 is 0 Å². The number of carboxylic acid groups (broad SMARTS) is 2. The zero-order chi connectivity index (χ0) is 14.3. The van der Waals surface area contributed by atoms with E-state index < -0.39 is 17.4 Å². The molecule has 0 aromatic heterocycles. The molecule has 0 rings (SSSR count). The van der Waals surface area contributed by atoms with Gasteiger partial charge in [0.05, 0.1) is 0 Å². The van der Waals surface area contributed by atoms with E-state index in [2.05, 4.69) is 13.2 Å². The highest BCUT2D eigenvalue weighted by atomic mass is 16.4. The van der Waals surface area contributed by atoms with E-state index in [0.29, 0.717) is 0 Å². The van der Waals surface area contributed by atoms with Gasteiger partial charge >= 0.3 is 0 Å². The molecule has 0 aliphatic carbocycles. The molecule has 0 heterocycles. The second-order valence-electron chi connectivity index (χ2n) is 5.06. The lowest BCUT2D eigenvalue weighted by molar-refractivity contribution is -0.320. The molecule has 0 aromatic rings. The lowest BCUT2D eigenvalue weighted by Gasteiger charge is -2.36. The van der Waals surface area contributed by atoms with Crippen molar-refractivity contribution in [2.24, 2.45) is 5.41 Å². The van der Waals surface area contributed by atoms with Gasteiger partial charge in [-0.05, 0) is 46.0 Å². The molecule has 0 bridgehead atoms. The summed E-state index contributed by atoms with van der Waals surface area (Å²) in [6, 6.07) is 0. The van der Waals surface area contributed by atoms with Crippen LogP contribution in [0.2, 0.25) is 0 Å². The Labute approximate surface area is 108 Å². The van der Waals surface area contributed by atoms with Crippen molar-refractivity contribution in [3.05, 3.63) is 24.3 Å². The molecule has 0 atom stereocenters. The number of carboxylic acids is 2. The van der Waals surface area contributed by atoms with Crippen molar-refractivity contribution in [1.82, 2.24) is 0 Å². The number of carbonyl (C=O) groups excluding carboxylic acids is 2. The number of allylic oxidation sites excluding steroid dienone is 2. The van der Waals surface area contributed by atoms with Crippen LogP contribution in [0, 0.1) is 5.41 Å². The predicted octanol–water partition coefficient (Wildman–Crippen LogP) is 0.575. The molecule has 0 saturated carbocycles. The Hall–Kier alpha value is -1.58. The summed E-state index contributed by atoms with van der Waals surface area (Å²) in [7, 11) is 0. The minimum absolute atomic E-state index is 0.151. The van der Waals surface area contributed by atoms with Crippen LogP contribution >= 0.6 is 0 Å². The molecule has 18 heavy (non-hydrogen) atoms. The summed E-state index contributed by atoms with van der Waals surface area (Å²) in [6.07, 6.45) is 0.867. The number of hydrogen-bond donors (Lipinski definition) is 0. The van der Waals surface area contributed by atoms with Crippen LogP contribution in [0.5, 0.6) is 0 Å². The predicted molar refractivity (Wildman–Crippen MR) is 65.2 cm³/mol. The Balaban J connectivity index is 4.94. The van der Waals surface area contributed by atoms with Crippen molar-refractivity contribution in [2.75, 3.05) is 0 Å². The summed E-state index contributed by atoms with van der Waals surface area (Å²) in [4.78, 5) is 21.8. The van der Waals surface area contributed by atoms with Crippen LogP contribution in [0.3, 0.4) is 0 Å². The summed E-state index contributed by atoms with van der Waals surface area (Å²) in [6.45, 7) is 10.9. The lowest BCUT2D eigenvalue weighted by Crippen LogP contribution is -2.43. The quantitative estimate of drug-likeness (QED) is 0.562. The summed E-state index contributed by atoms with van der Waals surface area (Å²) in [5, 5.41) is 21.8. The van der Waals surface area contributed by atoms with Gasteiger partial charge in [0.15, 0.2) is 0 Å². The van der Waals surface area contributed by atoms with Crippen molar-refractivity contribution in [3.63, 3.8) is 0 Å². The van der Waals surface area contributed by atoms with Gasteiger partial charge in [-0.2, -0.15) is 0 Å². The molecule has 0 unspecified atom stereocenters. The highest BCUT2D eigenvalue weighted by Crippen LogP contribution is 2.37. The summed E-state index contributed by atoms with van der Waals surface area (Å²) < 4.78 is 0. The zero-order valence-electron chi connectivity index (χ0n) is 11.1. The van der Waals surface area contributed by atoms with E-state index in [1.165, 1.54) is 0 Å². The van der Waals surface area contributed by atoms with Crippen LogP contribution in [-0.2, 0) is 9.59 Å². The van der Waals surface area contributed by atoms with Crippen molar-refractivity contribution in [1.29, 1.82) is 0 Å². The Morgan fingerprint density at radius 3 is 1.78 bits per heavy atom. The normalized spacial score (nSPS) is 11.0. The monoisotopic (exact) mass is 252 g/mol. The van der Waals surface area contributed by atoms with Gasteiger partial charge in [0.25, 0.3) is 0 Å². The molecule has 0 radical (unpaired) electrons. The number of carbonyl (C=O) groups is 2. The molecule has 102 valence electrons. The van der Waals surface area contributed by atoms with Gasteiger partial charge in [0.2, 0.25) is 0 Å². The average molecular weight is 252 g/mol. The summed E-state index contributed by atoms with van der Waals surface area (Å²) >= 11 is 0. The molecule has 0 spiro atoms. The molecule has 4 nitrogen and oxygen atoms in total. The fourth-order valence-corrected chi connectivity index (χ4v) is 2.21. The maximum Gasteiger partial charge on any atom is 0.0482 e. The third kappa shape index (κ3) is 5.66. The highest BCUT2D eigenvalue weighted by molar-refractivity contribution is 5.73.